The maximum absolute atomic E-state index is 11.0. The number of anilines is 1. The molecule has 7 nitrogen and oxygen atoms in total. The van der Waals surface area contributed by atoms with Crippen molar-refractivity contribution >= 4 is 23.6 Å². The number of methoxy groups -OCH3 is 1. The summed E-state index contributed by atoms with van der Waals surface area (Å²) in [6.07, 6.45) is 1.13. The molecule has 1 saturated heterocycles. The summed E-state index contributed by atoms with van der Waals surface area (Å²) in [6, 6.07) is 5.61. The fourth-order valence-electron chi connectivity index (χ4n) is 2.58. The number of carbonyl (C=O) groups is 1. The summed E-state index contributed by atoms with van der Waals surface area (Å²) in [7, 11) is 1.57. The molecule has 0 amide bonds. The summed E-state index contributed by atoms with van der Waals surface area (Å²) < 4.78 is 10.4. The van der Waals surface area contributed by atoms with E-state index < -0.39 is 5.97 Å². The lowest BCUT2D eigenvalue weighted by Gasteiger charge is -2.28. The number of nitrogens with zero attached hydrogens (tertiary/aromatic N) is 3. The Kier molecular flexibility index (Phi) is 4.38. The first-order valence-corrected chi connectivity index (χ1v) is 7.61. The maximum atomic E-state index is 11.0. The zero-order valence-corrected chi connectivity index (χ0v) is 13.3. The molecule has 122 valence electrons. The molecule has 0 atom stereocenters. The van der Waals surface area contributed by atoms with Crippen LogP contribution < -0.4 is 9.64 Å². The van der Waals surface area contributed by atoms with E-state index in [1.54, 1.807) is 25.3 Å². The van der Waals surface area contributed by atoms with Crippen LogP contribution in [0.2, 0.25) is 5.02 Å². The largest absolute Gasteiger partial charge is 0.497 e. The van der Waals surface area contributed by atoms with Gasteiger partial charge in [-0.2, -0.15) is 4.98 Å². The van der Waals surface area contributed by atoms with E-state index in [4.69, 9.17) is 26.0 Å². The van der Waals surface area contributed by atoms with Crippen molar-refractivity contribution in [2.24, 2.45) is 5.92 Å². The summed E-state index contributed by atoms with van der Waals surface area (Å²) in [5.74, 6) is -0.00298. The lowest BCUT2D eigenvalue weighted by molar-refractivity contribution is -0.142. The van der Waals surface area contributed by atoms with Gasteiger partial charge >= 0.3 is 12.0 Å². The van der Waals surface area contributed by atoms with Crippen LogP contribution in [0, 0.1) is 5.92 Å². The molecule has 1 N–H and O–H groups in total. The van der Waals surface area contributed by atoms with Crippen LogP contribution in [0.3, 0.4) is 0 Å². The second kappa shape index (κ2) is 6.45. The van der Waals surface area contributed by atoms with Crippen LogP contribution in [0.4, 0.5) is 6.01 Å². The monoisotopic (exact) mass is 337 g/mol. The summed E-state index contributed by atoms with van der Waals surface area (Å²) >= 11 is 6.21. The fraction of sp³-hybridized carbons (Fsp3) is 0.400. The highest BCUT2D eigenvalue weighted by atomic mass is 35.5. The number of piperidine rings is 1. The smallest absolute Gasteiger partial charge is 0.324 e. The highest BCUT2D eigenvalue weighted by Gasteiger charge is 2.27. The van der Waals surface area contributed by atoms with Crippen molar-refractivity contribution in [3.8, 4) is 17.1 Å². The Morgan fingerprint density at radius 1 is 1.43 bits per heavy atom. The number of rotatable bonds is 4. The van der Waals surface area contributed by atoms with Gasteiger partial charge in [-0.05, 0) is 31.0 Å². The minimum atomic E-state index is -0.749. The Bertz CT molecular complexity index is 710. The molecule has 8 heteroatoms. The van der Waals surface area contributed by atoms with Gasteiger partial charge in [-0.25, -0.2) is 0 Å². The van der Waals surface area contributed by atoms with Crippen molar-refractivity contribution < 1.29 is 19.2 Å². The number of hydrogen-bond acceptors (Lipinski definition) is 6. The summed E-state index contributed by atoms with van der Waals surface area (Å²) in [5.41, 5.74) is 0.655. The van der Waals surface area contributed by atoms with Gasteiger partial charge < -0.3 is 19.3 Å². The number of carboxylic acids is 1. The Balaban J connectivity index is 1.75. The molecule has 1 aliphatic rings. The number of aromatic nitrogens is 2. The molecule has 3 rings (SSSR count). The van der Waals surface area contributed by atoms with Gasteiger partial charge in [0.05, 0.1) is 18.1 Å². The molecule has 0 spiro atoms. The molecular formula is C15H16ClN3O4. The van der Waals surface area contributed by atoms with E-state index in [0.29, 0.717) is 54.1 Å². The zero-order chi connectivity index (χ0) is 16.4. The molecule has 1 aromatic carbocycles. The van der Waals surface area contributed by atoms with Crippen molar-refractivity contribution in [2.45, 2.75) is 12.8 Å². The Morgan fingerprint density at radius 2 is 2.17 bits per heavy atom. The molecule has 0 aliphatic carbocycles. The van der Waals surface area contributed by atoms with Crippen LogP contribution in [0.5, 0.6) is 5.75 Å². The lowest BCUT2D eigenvalue weighted by atomic mass is 9.97. The van der Waals surface area contributed by atoms with Gasteiger partial charge in [0.15, 0.2) is 0 Å². The first-order valence-electron chi connectivity index (χ1n) is 7.24. The van der Waals surface area contributed by atoms with Crippen LogP contribution in [-0.2, 0) is 4.79 Å². The first kappa shape index (κ1) is 15.6. The van der Waals surface area contributed by atoms with Crippen molar-refractivity contribution in [1.29, 1.82) is 0 Å². The molecular weight excluding hydrogens is 322 g/mol. The highest BCUT2D eigenvalue weighted by molar-refractivity contribution is 6.33. The second-order valence-electron chi connectivity index (χ2n) is 5.35. The van der Waals surface area contributed by atoms with Gasteiger partial charge in [0.1, 0.15) is 5.75 Å². The third kappa shape index (κ3) is 3.24. The number of hydrogen-bond donors (Lipinski definition) is 1. The standard InChI is InChI=1S/C15H16ClN3O4/c1-22-10-2-3-11(12(16)8-10)13-17-15(23-18-13)19-6-4-9(5-7-19)14(20)21/h2-3,8-9H,4-7H2,1H3,(H,20,21). The van der Waals surface area contributed by atoms with E-state index in [1.807, 2.05) is 4.90 Å². The SMILES string of the molecule is COc1ccc(-c2noc(N3CCC(C(=O)O)CC3)n2)c(Cl)c1. The number of aliphatic carboxylic acids is 1. The highest BCUT2D eigenvalue weighted by Crippen LogP contribution is 2.31. The summed E-state index contributed by atoms with van der Waals surface area (Å²) in [4.78, 5) is 17.2. The van der Waals surface area contributed by atoms with E-state index in [-0.39, 0.29) is 5.92 Å². The normalized spacial score (nSPS) is 15.7. The topological polar surface area (TPSA) is 88.7 Å². The maximum Gasteiger partial charge on any atom is 0.324 e. The van der Waals surface area contributed by atoms with Gasteiger partial charge in [0.2, 0.25) is 5.82 Å². The van der Waals surface area contributed by atoms with E-state index in [0.717, 1.165) is 0 Å². The average Bonchev–Trinajstić information content (AvgIpc) is 3.04. The molecule has 0 unspecified atom stereocenters. The molecule has 1 aliphatic heterocycles. The number of halogens is 1. The predicted molar refractivity (Wildman–Crippen MR) is 83.9 cm³/mol. The molecule has 0 bridgehead atoms. The Labute approximate surface area is 137 Å². The Morgan fingerprint density at radius 3 is 2.78 bits per heavy atom. The number of benzene rings is 1. The lowest BCUT2D eigenvalue weighted by Crippen LogP contribution is -2.36. The van der Waals surface area contributed by atoms with Gasteiger partial charge in [-0.1, -0.05) is 16.8 Å². The third-order valence-corrected chi connectivity index (χ3v) is 4.26. The second-order valence-corrected chi connectivity index (χ2v) is 5.75. The van der Waals surface area contributed by atoms with E-state index in [2.05, 4.69) is 10.1 Å². The Hall–Kier alpha value is -2.28. The first-order chi connectivity index (χ1) is 11.1. The van der Waals surface area contributed by atoms with Crippen LogP contribution in [0.25, 0.3) is 11.4 Å². The quantitative estimate of drug-likeness (QED) is 0.917. The number of ether oxygens (including phenoxy) is 1. The van der Waals surface area contributed by atoms with Crippen molar-refractivity contribution in [1.82, 2.24) is 10.1 Å². The third-order valence-electron chi connectivity index (χ3n) is 3.95. The minimum Gasteiger partial charge on any atom is -0.497 e. The van der Waals surface area contributed by atoms with Crippen LogP contribution in [-0.4, -0.2) is 41.4 Å². The molecule has 0 saturated carbocycles. The van der Waals surface area contributed by atoms with Crippen LogP contribution in [0.1, 0.15) is 12.8 Å². The molecule has 1 aromatic heterocycles. The van der Waals surface area contributed by atoms with Gasteiger partial charge in [0.25, 0.3) is 0 Å². The predicted octanol–water partition coefficient (Wildman–Crippen LogP) is 2.70. The van der Waals surface area contributed by atoms with Gasteiger partial charge in [-0.15, -0.1) is 0 Å². The van der Waals surface area contributed by atoms with Gasteiger partial charge in [0, 0.05) is 18.7 Å². The fourth-order valence-corrected chi connectivity index (χ4v) is 2.83. The molecule has 2 heterocycles. The minimum absolute atomic E-state index is 0.301. The van der Waals surface area contributed by atoms with Crippen molar-refractivity contribution in [2.75, 3.05) is 25.1 Å². The zero-order valence-electron chi connectivity index (χ0n) is 12.5. The molecule has 2 aromatic rings. The summed E-state index contributed by atoms with van der Waals surface area (Å²) in [5, 5.41) is 13.5. The van der Waals surface area contributed by atoms with E-state index in [1.165, 1.54) is 0 Å². The molecule has 0 radical (unpaired) electrons. The van der Waals surface area contributed by atoms with Crippen LogP contribution in [0.15, 0.2) is 22.7 Å². The molecule has 23 heavy (non-hydrogen) atoms. The summed E-state index contributed by atoms with van der Waals surface area (Å²) in [6.45, 7) is 1.16. The van der Waals surface area contributed by atoms with Gasteiger partial charge in [-0.3, -0.25) is 4.79 Å². The van der Waals surface area contributed by atoms with Crippen molar-refractivity contribution in [3.63, 3.8) is 0 Å². The van der Waals surface area contributed by atoms with E-state index in [9.17, 15) is 4.79 Å². The van der Waals surface area contributed by atoms with Crippen LogP contribution >= 0.6 is 11.6 Å². The molecule has 1 fully saturated rings. The van der Waals surface area contributed by atoms with Crippen molar-refractivity contribution in [3.05, 3.63) is 23.2 Å². The number of carboxylic acid groups (broad SMARTS) is 1. The average molecular weight is 338 g/mol. The van der Waals surface area contributed by atoms with E-state index >= 15 is 0 Å².